The number of ether oxygens (including phenoxy) is 1. The van der Waals surface area contributed by atoms with E-state index in [0.29, 0.717) is 26.0 Å². The standard InChI is InChI=1S/C14H25NO5/c1-4-20-14(19)10-15(9-11(2)3)12(16)7-5-6-8-13(17)18/h11H,4-10H2,1-3H3,(H,17,18). The Morgan fingerprint density at radius 3 is 2.25 bits per heavy atom. The summed E-state index contributed by atoms with van der Waals surface area (Å²) in [4.78, 5) is 35.4. The summed E-state index contributed by atoms with van der Waals surface area (Å²) in [5.74, 6) is -1.14. The molecule has 0 aliphatic rings. The maximum atomic E-state index is 12.0. The van der Waals surface area contributed by atoms with Crippen molar-refractivity contribution in [2.75, 3.05) is 19.7 Å². The Morgan fingerprint density at radius 1 is 1.15 bits per heavy atom. The van der Waals surface area contributed by atoms with Crippen molar-refractivity contribution < 1.29 is 24.2 Å². The van der Waals surface area contributed by atoms with Crippen LogP contribution < -0.4 is 0 Å². The van der Waals surface area contributed by atoms with Crippen LogP contribution in [-0.4, -0.2) is 47.5 Å². The summed E-state index contributed by atoms with van der Waals surface area (Å²) in [7, 11) is 0. The molecule has 0 bridgehead atoms. The van der Waals surface area contributed by atoms with Crippen molar-refractivity contribution in [2.24, 2.45) is 5.92 Å². The second-order valence-electron chi connectivity index (χ2n) is 5.07. The second-order valence-corrected chi connectivity index (χ2v) is 5.07. The number of carboxylic acid groups (broad SMARTS) is 1. The maximum absolute atomic E-state index is 12.0. The Hall–Kier alpha value is -1.59. The van der Waals surface area contributed by atoms with Crippen LogP contribution >= 0.6 is 0 Å². The summed E-state index contributed by atoms with van der Waals surface area (Å²) in [6.07, 6.45) is 1.31. The fraction of sp³-hybridized carbons (Fsp3) is 0.786. The molecule has 0 aliphatic heterocycles. The molecule has 0 aromatic rings. The van der Waals surface area contributed by atoms with E-state index in [1.807, 2.05) is 13.8 Å². The summed E-state index contributed by atoms with van der Waals surface area (Å²) >= 11 is 0. The van der Waals surface area contributed by atoms with E-state index in [0.717, 1.165) is 0 Å². The van der Waals surface area contributed by atoms with Crippen LogP contribution in [0.2, 0.25) is 0 Å². The summed E-state index contributed by atoms with van der Waals surface area (Å²) in [6, 6.07) is 0. The molecule has 6 nitrogen and oxygen atoms in total. The minimum Gasteiger partial charge on any atom is -0.481 e. The van der Waals surface area contributed by atoms with Gasteiger partial charge in [0.05, 0.1) is 6.61 Å². The van der Waals surface area contributed by atoms with Gasteiger partial charge in [0.2, 0.25) is 5.91 Å². The lowest BCUT2D eigenvalue weighted by atomic mass is 10.1. The first kappa shape index (κ1) is 18.4. The number of rotatable bonds is 10. The van der Waals surface area contributed by atoms with Crippen LogP contribution in [0.15, 0.2) is 0 Å². The average molecular weight is 287 g/mol. The topological polar surface area (TPSA) is 83.9 Å². The molecule has 0 unspecified atom stereocenters. The molecule has 0 aromatic heterocycles. The number of hydrogen-bond donors (Lipinski definition) is 1. The molecule has 0 aromatic carbocycles. The number of hydrogen-bond acceptors (Lipinski definition) is 4. The van der Waals surface area contributed by atoms with Gasteiger partial charge < -0.3 is 14.7 Å². The third-order valence-electron chi connectivity index (χ3n) is 2.59. The zero-order valence-corrected chi connectivity index (χ0v) is 12.6. The number of amides is 1. The molecule has 1 N–H and O–H groups in total. The number of nitrogens with zero attached hydrogens (tertiary/aromatic N) is 1. The van der Waals surface area contributed by atoms with Gasteiger partial charge in [0.25, 0.3) is 0 Å². The minimum atomic E-state index is -0.858. The predicted molar refractivity (Wildman–Crippen MR) is 74.2 cm³/mol. The number of carbonyl (C=O) groups is 3. The van der Waals surface area contributed by atoms with Gasteiger partial charge in [-0.15, -0.1) is 0 Å². The second kappa shape index (κ2) is 10.2. The van der Waals surface area contributed by atoms with E-state index >= 15 is 0 Å². The molecule has 20 heavy (non-hydrogen) atoms. The fourth-order valence-corrected chi connectivity index (χ4v) is 1.77. The van der Waals surface area contributed by atoms with E-state index in [1.165, 1.54) is 4.90 Å². The average Bonchev–Trinajstić information content (AvgIpc) is 2.33. The number of esters is 1. The van der Waals surface area contributed by atoms with Crippen LogP contribution in [0.5, 0.6) is 0 Å². The van der Waals surface area contributed by atoms with Gasteiger partial charge in [0.15, 0.2) is 0 Å². The molecular weight excluding hydrogens is 262 g/mol. The van der Waals surface area contributed by atoms with Crippen molar-refractivity contribution in [1.82, 2.24) is 4.90 Å². The minimum absolute atomic E-state index is 0.0379. The number of aliphatic carboxylic acids is 1. The van der Waals surface area contributed by atoms with E-state index in [9.17, 15) is 14.4 Å². The Balaban J connectivity index is 4.26. The lowest BCUT2D eigenvalue weighted by Gasteiger charge is -2.23. The number of carbonyl (C=O) groups excluding carboxylic acids is 2. The molecule has 0 spiro atoms. The third kappa shape index (κ3) is 9.35. The van der Waals surface area contributed by atoms with E-state index in [-0.39, 0.29) is 31.2 Å². The monoisotopic (exact) mass is 287 g/mol. The van der Waals surface area contributed by atoms with Crippen LogP contribution in [0.1, 0.15) is 46.5 Å². The van der Waals surface area contributed by atoms with Crippen LogP contribution in [-0.2, 0) is 19.1 Å². The molecule has 116 valence electrons. The van der Waals surface area contributed by atoms with E-state index in [4.69, 9.17) is 9.84 Å². The molecule has 0 saturated carbocycles. The Bertz CT molecular complexity index is 328. The van der Waals surface area contributed by atoms with Gasteiger partial charge in [-0.25, -0.2) is 0 Å². The lowest BCUT2D eigenvalue weighted by molar-refractivity contribution is -0.149. The molecule has 0 rings (SSSR count). The first-order valence-electron chi connectivity index (χ1n) is 7.02. The normalized spacial score (nSPS) is 10.4. The smallest absolute Gasteiger partial charge is 0.325 e. The summed E-state index contributed by atoms with van der Waals surface area (Å²) < 4.78 is 4.85. The van der Waals surface area contributed by atoms with Crippen LogP contribution in [0, 0.1) is 5.92 Å². The summed E-state index contributed by atoms with van der Waals surface area (Å²) in [5, 5.41) is 8.53. The van der Waals surface area contributed by atoms with Crippen molar-refractivity contribution in [3.05, 3.63) is 0 Å². The molecule has 0 aliphatic carbocycles. The van der Waals surface area contributed by atoms with E-state index in [1.54, 1.807) is 6.92 Å². The highest BCUT2D eigenvalue weighted by Crippen LogP contribution is 2.07. The highest BCUT2D eigenvalue weighted by atomic mass is 16.5. The molecule has 0 fully saturated rings. The van der Waals surface area contributed by atoms with Gasteiger partial charge in [0, 0.05) is 19.4 Å². The molecule has 0 atom stereocenters. The van der Waals surface area contributed by atoms with Gasteiger partial charge >= 0.3 is 11.9 Å². The Kier molecular flexibility index (Phi) is 9.41. The fourth-order valence-electron chi connectivity index (χ4n) is 1.77. The zero-order chi connectivity index (χ0) is 15.5. The van der Waals surface area contributed by atoms with Crippen molar-refractivity contribution in [1.29, 1.82) is 0 Å². The van der Waals surface area contributed by atoms with Crippen LogP contribution in [0.3, 0.4) is 0 Å². The summed E-state index contributed by atoms with van der Waals surface area (Å²) in [6.45, 7) is 6.41. The predicted octanol–water partition coefficient (Wildman–Crippen LogP) is 1.68. The maximum Gasteiger partial charge on any atom is 0.325 e. The first-order chi connectivity index (χ1) is 9.36. The molecule has 6 heteroatoms. The van der Waals surface area contributed by atoms with Gasteiger partial charge in [-0.05, 0) is 25.7 Å². The van der Waals surface area contributed by atoms with Crippen LogP contribution in [0.25, 0.3) is 0 Å². The van der Waals surface area contributed by atoms with E-state index < -0.39 is 11.9 Å². The third-order valence-corrected chi connectivity index (χ3v) is 2.59. The molecule has 0 heterocycles. The largest absolute Gasteiger partial charge is 0.481 e. The number of unbranched alkanes of at least 4 members (excludes halogenated alkanes) is 1. The van der Waals surface area contributed by atoms with Crippen molar-refractivity contribution in [2.45, 2.75) is 46.5 Å². The Labute approximate surface area is 120 Å². The van der Waals surface area contributed by atoms with Crippen LogP contribution in [0.4, 0.5) is 0 Å². The number of carboxylic acids is 1. The lowest BCUT2D eigenvalue weighted by Crippen LogP contribution is -2.38. The zero-order valence-electron chi connectivity index (χ0n) is 12.6. The quantitative estimate of drug-likeness (QED) is 0.488. The van der Waals surface area contributed by atoms with Crippen molar-refractivity contribution in [3.8, 4) is 0 Å². The molecule has 1 amide bonds. The van der Waals surface area contributed by atoms with Crippen molar-refractivity contribution in [3.63, 3.8) is 0 Å². The summed E-state index contributed by atoms with van der Waals surface area (Å²) in [5.41, 5.74) is 0. The molecular formula is C14H25NO5. The highest BCUT2D eigenvalue weighted by Gasteiger charge is 2.18. The van der Waals surface area contributed by atoms with E-state index in [2.05, 4.69) is 0 Å². The SMILES string of the molecule is CCOC(=O)CN(CC(C)C)C(=O)CCCCC(=O)O. The molecule has 0 saturated heterocycles. The van der Waals surface area contributed by atoms with Crippen molar-refractivity contribution >= 4 is 17.8 Å². The Morgan fingerprint density at radius 2 is 1.75 bits per heavy atom. The highest BCUT2D eigenvalue weighted by molar-refractivity contribution is 5.82. The van der Waals surface area contributed by atoms with Gasteiger partial charge in [-0.2, -0.15) is 0 Å². The molecule has 0 radical (unpaired) electrons. The first-order valence-corrected chi connectivity index (χ1v) is 7.02. The van der Waals surface area contributed by atoms with Gasteiger partial charge in [-0.3, -0.25) is 14.4 Å². The van der Waals surface area contributed by atoms with Gasteiger partial charge in [0.1, 0.15) is 6.54 Å². The van der Waals surface area contributed by atoms with Gasteiger partial charge in [-0.1, -0.05) is 13.8 Å².